The minimum atomic E-state index is -0.307. The summed E-state index contributed by atoms with van der Waals surface area (Å²) in [6.07, 6.45) is 3.78. The smallest absolute Gasteiger partial charge is 0.278 e. The van der Waals surface area contributed by atoms with Crippen molar-refractivity contribution >= 4 is 5.69 Å². The van der Waals surface area contributed by atoms with Crippen molar-refractivity contribution < 1.29 is 4.92 Å². The number of rotatable bonds is 4. The first-order valence-electron chi connectivity index (χ1n) is 7.47. The normalized spacial score (nSPS) is 18.7. The largest absolute Gasteiger partial charge is 0.328 e. The van der Waals surface area contributed by atoms with Gasteiger partial charge in [0.25, 0.3) is 5.69 Å². The third kappa shape index (κ3) is 3.57. The van der Waals surface area contributed by atoms with Gasteiger partial charge >= 0.3 is 0 Å². The summed E-state index contributed by atoms with van der Waals surface area (Å²) < 4.78 is 0. The van der Waals surface area contributed by atoms with Gasteiger partial charge in [-0.05, 0) is 52.6 Å². The molecule has 1 saturated heterocycles. The van der Waals surface area contributed by atoms with Crippen LogP contribution in [-0.2, 0) is 6.54 Å². The van der Waals surface area contributed by atoms with Gasteiger partial charge in [0.2, 0.25) is 0 Å². The van der Waals surface area contributed by atoms with Crippen LogP contribution in [0.25, 0.3) is 0 Å². The number of nitrogens with zero attached hydrogens (tertiary/aromatic N) is 3. The Morgan fingerprint density at radius 1 is 1.48 bits per heavy atom. The molecule has 1 aliphatic heterocycles. The topological polar surface area (TPSA) is 85.3 Å². The molecule has 0 radical (unpaired) electrons. The maximum Gasteiger partial charge on any atom is 0.278 e. The summed E-state index contributed by atoms with van der Waals surface area (Å²) in [4.78, 5) is 17.6. The van der Waals surface area contributed by atoms with Crippen molar-refractivity contribution in [1.82, 2.24) is 9.88 Å². The van der Waals surface area contributed by atoms with Crippen LogP contribution in [0.4, 0.5) is 5.69 Å². The Kier molecular flexibility index (Phi) is 4.90. The molecule has 1 fully saturated rings. The van der Waals surface area contributed by atoms with Crippen molar-refractivity contribution in [2.45, 2.75) is 46.2 Å². The van der Waals surface area contributed by atoms with Crippen molar-refractivity contribution in [3.05, 3.63) is 33.1 Å². The van der Waals surface area contributed by atoms with Crippen molar-refractivity contribution in [1.29, 1.82) is 0 Å². The minimum Gasteiger partial charge on any atom is -0.328 e. The lowest BCUT2D eigenvalue weighted by Crippen LogP contribution is -2.39. The fourth-order valence-electron chi connectivity index (χ4n) is 3.05. The minimum absolute atomic E-state index is 0.200. The van der Waals surface area contributed by atoms with E-state index < -0.39 is 0 Å². The second kappa shape index (κ2) is 6.49. The van der Waals surface area contributed by atoms with E-state index in [0.29, 0.717) is 23.6 Å². The van der Waals surface area contributed by atoms with Crippen LogP contribution in [0.2, 0.25) is 0 Å². The van der Waals surface area contributed by atoms with Gasteiger partial charge in [0, 0.05) is 29.9 Å². The molecule has 1 unspecified atom stereocenters. The van der Waals surface area contributed by atoms with Crippen LogP contribution < -0.4 is 5.73 Å². The maximum absolute atomic E-state index is 11.2. The Hall–Kier alpha value is -1.53. The highest BCUT2D eigenvalue weighted by Crippen LogP contribution is 2.26. The number of piperidine rings is 1. The van der Waals surface area contributed by atoms with Gasteiger partial charge in [0.05, 0.1) is 10.6 Å². The molecule has 2 rings (SSSR count). The van der Waals surface area contributed by atoms with Gasteiger partial charge < -0.3 is 5.73 Å². The molecular weight excluding hydrogens is 268 g/mol. The number of pyridine rings is 1. The molecule has 1 aromatic heterocycles. The maximum atomic E-state index is 11.2. The highest BCUT2D eigenvalue weighted by Gasteiger charge is 2.24. The molecule has 0 spiro atoms. The fourth-order valence-corrected chi connectivity index (χ4v) is 3.05. The van der Waals surface area contributed by atoms with Crippen LogP contribution in [0.15, 0.2) is 6.20 Å². The first-order chi connectivity index (χ1) is 9.90. The SMILES string of the molecule is Cc1cnc(CN2CCC(C(C)N)CC2)c(C)c1[N+](=O)[O-]. The number of likely N-dealkylation sites (tertiary alicyclic amines) is 1. The second-order valence-corrected chi connectivity index (χ2v) is 6.09. The lowest BCUT2D eigenvalue weighted by Gasteiger charge is -2.33. The Morgan fingerprint density at radius 2 is 2.10 bits per heavy atom. The zero-order valence-corrected chi connectivity index (χ0v) is 13.0. The zero-order valence-electron chi connectivity index (χ0n) is 13.0. The average molecular weight is 292 g/mol. The van der Waals surface area contributed by atoms with Gasteiger partial charge in [0.1, 0.15) is 0 Å². The van der Waals surface area contributed by atoms with Gasteiger partial charge in [-0.15, -0.1) is 0 Å². The lowest BCUT2D eigenvalue weighted by atomic mass is 9.91. The average Bonchev–Trinajstić information content (AvgIpc) is 2.42. The van der Waals surface area contributed by atoms with E-state index in [0.717, 1.165) is 31.6 Å². The molecule has 116 valence electrons. The van der Waals surface area contributed by atoms with Crippen molar-refractivity contribution in [3.63, 3.8) is 0 Å². The highest BCUT2D eigenvalue weighted by molar-refractivity contribution is 5.47. The highest BCUT2D eigenvalue weighted by atomic mass is 16.6. The van der Waals surface area contributed by atoms with Gasteiger partial charge in [-0.2, -0.15) is 0 Å². The van der Waals surface area contributed by atoms with Gasteiger partial charge in [0.15, 0.2) is 0 Å². The standard InChI is InChI=1S/C15H24N4O2/c1-10-8-17-14(11(2)15(10)19(20)21)9-18-6-4-13(5-7-18)12(3)16/h8,12-13H,4-7,9,16H2,1-3H3. The first-order valence-corrected chi connectivity index (χ1v) is 7.47. The van der Waals surface area contributed by atoms with E-state index in [1.165, 1.54) is 0 Å². The molecular formula is C15H24N4O2. The number of hydrogen-bond acceptors (Lipinski definition) is 5. The predicted molar refractivity (Wildman–Crippen MR) is 82.0 cm³/mol. The summed E-state index contributed by atoms with van der Waals surface area (Å²) in [5.41, 5.74) is 8.28. The summed E-state index contributed by atoms with van der Waals surface area (Å²) in [5.74, 6) is 0.586. The Balaban J connectivity index is 2.08. The fraction of sp³-hybridized carbons (Fsp3) is 0.667. The van der Waals surface area contributed by atoms with E-state index in [-0.39, 0.29) is 16.7 Å². The number of aromatic nitrogens is 1. The molecule has 0 aliphatic carbocycles. The Bertz CT molecular complexity index is 523. The van der Waals surface area contributed by atoms with E-state index in [9.17, 15) is 10.1 Å². The molecule has 2 heterocycles. The van der Waals surface area contributed by atoms with E-state index in [4.69, 9.17) is 5.73 Å². The molecule has 1 aliphatic rings. The van der Waals surface area contributed by atoms with E-state index >= 15 is 0 Å². The first kappa shape index (κ1) is 15.9. The predicted octanol–water partition coefficient (Wildman–Crippen LogP) is 2.17. The molecule has 1 atom stereocenters. The summed E-state index contributed by atoms with van der Waals surface area (Å²) in [5, 5.41) is 11.2. The van der Waals surface area contributed by atoms with Crippen molar-refractivity contribution in [2.24, 2.45) is 11.7 Å². The number of nitro groups is 1. The second-order valence-electron chi connectivity index (χ2n) is 6.09. The summed E-state index contributed by atoms with van der Waals surface area (Å²) >= 11 is 0. The van der Waals surface area contributed by atoms with E-state index in [2.05, 4.69) is 16.8 Å². The van der Waals surface area contributed by atoms with Crippen LogP contribution in [0.3, 0.4) is 0 Å². The molecule has 21 heavy (non-hydrogen) atoms. The molecule has 6 heteroatoms. The Labute approximate surface area is 125 Å². The van der Waals surface area contributed by atoms with E-state index in [1.54, 1.807) is 20.0 Å². The number of hydrogen-bond donors (Lipinski definition) is 1. The van der Waals surface area contributed by atoms with Crippen LogP contribution in [0, 0.1) is 29.9 Å². The number of nitrogens with two attached hydrogens (primary N) is 1. The van der Waals surface area contributed by atoms with E-state index in [1.807, 2.05) is 0 Å². The van der Waals surface area contributed by atoms with Crippen molar-refractivity contribution in [2.75, 3.05) is 13.1 Å². The summed E-state index contributed by atoms with van der Waals surface area (Å²) in [7, 11) is 0. The third-order valence-corrected chi connectivity index (χ3v) is 4.51. The monoisotopic (exact) mass is 292 g/mol. The van der Waals surface area contributed by atoms with Crippen LogP contribution in [0.5, 0.6) is 0 Å². The molecule has 0 aromatic carbocycles. The zero-order chi connectivity index (χ0) is 15.6. The molecule has 6 nitrogen and oxygen atoms in total. The number of aryl methyl sites for hydroxylation is 1. The third-order valence-electron chi connectivity index (χ3n) is 4.51. The van der Waals surface area contributed by atoms with Gasteiger partial charge in [-0.1, -0.05) is 0 Å². The molecule has 2 N–H and O–H groups in total. The quantitative estimate of drug-likeness (QED) is 0.679. The molecule has 0 amide bonds. The molecule has 1 aromatic rings. The molecule has 0 bridgehead atoms. The van der Waals surface area contributed by atoms with Crippen molar-refractivity contribution in [3.8, 4) is 0 Å². The Morgan fingerprint density at radius 3 is 2.62 bits per heavy atom. The van der Waals surface area contributed by atoms with Crippen LogP contribution in [0.1, 0.15) is 36.6 Å². The summed E-state index contributed by atoms with van der Waals surface area (Å²) in [6, 6.07) is 0.243. The summed E-state index contributed by atoms with van der Waals surface area (Å²) in [6.45, 7) is 8.23. The molecule has 0 saturated carbocycles. The van der Waals surface area contributed by atoms with Crippen LogP contribution in [-0.4, -0.2) is 33.9 Å². The van der Waals surface area contributed by atoms with Gasteiger partial charge in [-0.25, -0.2) is 0 Å². The van der Waals surface area contributed by atoms with Gasteiger partial charge in [-0.3, -0.25) is 20.0 Å². The van der Waals surface area contributed by atoms with Crippen LogP contribution >= 0.6 is 0 Å². The lowest BCUT2D eigenvalue weighted by molar-refractivity contribution is -0.386.